The van der Waals surface area contributed by atoms with E-state index >= 15 is 0 Å². The van der Waals surface area contributed by atoms with Crippen molar-refractivity contribution in [2.24, 2.45) is 0 Å². The zero-order valence-corrected chi connectivity index (χ0v) is 14.2. The van der Waals surface area contributed by atoms with E-state index in [0.29, 0.717) is 24.8 Å². The van der Waals surface area contributed by atoms with Crippen molar-refractivity contribution in [1.82, 2.24) is 15.0 Å². The number of ether oxygens (including phenoxy) is 2. The number of nitrogen functional groups attached to an aromatic ring is 1. The van der Waals surface area contributed by atoms with Gasteiger partial charge in [-0.25, -0.2) is 4.39 Å². The molecule has 3 N–H and O–H groups in total. The van der Waals surface area contributed by atoms with Crippen LogP contribution in [-0.2, 0) is 4.74 Å². The molecule has 3 rings (SSSR count). The fourth-order valence-corrected chi connectivity index (χ4v) is 2.70. The summed E-state index contributed by atoms with van der Waals surface area (Å²) in [5, 5.41) is 2.95. The van der Waals surface area contributed by atoms with E-state index in [1.807, 2.05) is 11.9 Å². The summed E-state index contributed by atoms with van der Waals surface area (Å²) in [5.74, 6) is 0.511. The van der Waals surface area contributed by atoms with Gasteiger partial charge in [0, 0.05) is 38.1 Å². The lowest BCUT2D eigenvalue weighted by atomic mass is 10.1. The number of aromatic nitrogens is 3. The van der Waals surface area contributed by atoms with Crippen LogP contribution < -0.4 is 20.7 Å². The van der Waals surface area contributed by atoms with E-state index in [0.717, 1.165) is 12.8 Å². The molecular weight excluding hydrogens is 327 g/mol. The van der Waals surface area contributed by atoms with Crippen LogP contribution in [0.3, 0.4) is 0 Å². The van der Waals surface area contributed by atoms with E-state index in [1.165, 1.54) is 19.2 Å². The number of rotatable bonds is 5. The van der Waals surface area contributed by atoms with Crippen molar-refractivity contribution in [2.45, 2.75) is 18.9 Å². The quantitative estimate of drug-likeness (QED) is 0.846. The average Bonchev–Trinajstić information content (AvgIpc) is 2.61. The highest BCUT2D eigenvalue weighted by atomic mass is 19.1. The summed E-state index contributed by atoms with van der Waals surface area (Å²) >= 11 is 0. The maximum atomic E-state index is 13.8. The minimum atomic E-state index is -0.478. The van der Waals surface area contributed by atoms with Gasteiger partial charge in [-0.15, -0.1) is 0 Å². The van der Waals surface area contributed by atoms with Crippen molar-refractivity contribution in [3.63, 3.8) is 0 Å². The van der Waals surface area contributed by atoms with Crippen LogP contribution in [0.1, 0.15) is 12.8 Å². The van der Waals surface area contributed by atoms with Gasteiger partial charge in [0.2, 0.25) is 17.8 Å². The number of anilines is 4. The minimum Gasteiger partial charge on any atom is -0.494 e. The lowest BCUT2D eigenvalue weighted by molar-refractivity contribution is 0.0852. The number of hydrogen-bond donors (Lipinski definition) is 2. The van der Waals surface area contributed by atoms with Crippen LogP contribution in [0.5, 0.6) is 5.75 Å². The molecule has 1 fully saturated rings. The summed E-state index contributed by atoms with van der Waals surface area (Å²) in [4.78, 5) is 14.6. The fourth-order valence-electron chi connectivity index (χ4n) is 2.70. The molecule has 1 aromatic carbocycles. The first-order valence-corrected chi connectivity index (χ1v) is 7.99. The molecule has 1 aliphatic heterocycles. The van der Waals surface area contributed by atoms with Crippen LogP contribution in [0.25, 0.3) is 0 Å². The van der Waals surface area contributed by atoms with Crippen molar-refractivity contribution in [1.29, 1.82) is 0 Å². The Kier molecular flexibility index (Phi) is 5.13. The molecular formula is C16H21FN6O2. The van der Waals surface area contributed by atoms with E-state index in [-0.39, 0.29) is 23.7 Å². The van der Waals surface area contributed by atoms with E-state index < -0.39 is 5.82 Å². The first-order chi connectivity index (χ1) is 12.1. The summed E-state index contributed by atoms with van der Waals surface area (Å²) in [5.41, 5.74) is 6.30. The van der Waals surface area contributed by atoms with Crippen LogP contribution in [0.15, 0.2) is 18.2 Å². The van der Waals surface area contributed by atoms with Crippen molar-refractivity contribution < 1.29 is 13.9 Å². The van der Waals surface area contributed by atoms with Gasteiger partial charge in [-0.1, -0.05) is 0 Å². The highest BCUT2D eigenvalue weighted by Gasteiger charge is 2.21. The molecule has 1 aliphatic rings. The van der Waals surface area contributed by atoms with Crippen molar-refractivity contribution in [3.8, 4) is 5.75 Å². The number of hydrogen-bond acceptors (Lipinski definition) is 8. The van der Waals surface area contributed by atoms with Crippen LogP contribution in [0, 0.1) is 5.82 Å². The third-order valence-electron chi connectivity index (χ3n) is 4.10. The number of halogens is 1. The van der Waals surface area contributed by atoms with E-state index in [1.54, 1.807) is 6.07 Å². The van der Waals surface area contributed by atoms with Crippen molar-refractivity contribution in [3.05, 3.63) is 24.0 Å². The minimum absolute atomic E-state index is 0.0976. The smallest absolute Gasteiger partial charge is 0.233 e. The van der Waals surface area contributed by atoms with Crippen LogP contribution in [-0.4, -0.2) is 48.4 Å². The van der Waals surface area contributed by atoms with Gasteiger partial charge in [-0.05, 0) is 25.0 Å². The molecule has 0 spiro atoms. The lowest BCUT2D eigenvalue weighted by Crippen LogP contribution is -2.37. The Balaban J connectivity index is 1.80. The monoisotopic (exact) mass is 348 g/mol. The molecule has 134 valence electrons. The lowest BCUT2D eigenvalue weighted by Gasteiger charge is -2.31. The second-order valence-electron chi connectivity index (χ2n) is 5.75. The predicted octanol–water partition coefficient (Wildman–Crippen LogP) is 1.96. The topological polar surface area (TPSA) is 98.4 Å². The van der Waals surface area contributed by atoms with Crippen molar-refractivity contribution >= 4 is 23.5 Å². The summed E-state index contributed by atoms with van der Waals surface area (Å²) < 4.78 is 24.1. The summed E-state index contributed by atoms with van der Waals surface area (Å²) in [6.07, 6.45) is 1.79. The molecule has 0 aliphatic carbocycles. The molecule has 0 saturated carbocycles. The summed E-state index contributed by atoms with van der Waals surface area (Å²) in [6.45, 7) is 1.43. The van der Waals surface area contributed by atoms with Gasteiger partial charge in [0.15, 0.2) is 11.6 Å². The highest BCUT2D eigenvalue weighted by Crippen LogP contribution is 2.24. The first-order valence-electron chi connectivity index (χ1n) is 7.99. The standard InChI is InChI=1S/C16H21FN6O2/c1-23(11-5-7-25-8-6-11)16-21-14(18)20-15(22-16)19-10-3-4-13(24-2)12(17)9-10/h3-4,9,11H,5-8H2,1-2H3,(H3,18,19,20,21,22). The number of nitrogens with one attached hydrogen (secondary N) is 1. The number of nitrogens with two attached hydrogens (primary N) is 1. The van der Waals surface area contributed by atoms with Crippen LogP contribution in [0.4, 0.5) is 27.9 Å². The van der Waals surface area contributed by atoms with E-state index in [2.05, 4.69) is 20.3 Å². The molecule has 2 heterocycles. The summed E-state index contributed by atoms with van der Waals surface area (Å²) in [7, 11) is 3.33. The van der Waals surface area contributed by atoms with Gasteiger partial charge in [0.1, 0.15) is 0 Å². The average molecular weight is 348 g/mol. The Labute approximate surface area is 145 Å². The fraction of sp³-hybridized carbons (Fsp3) is 0.438. The third-order valence-corrected chi connectivity index (χ3v) is 4.10. The Bertz CT molecular complexity index is 739. The predicted molar refractivity (Wildman–Crippen MR) is 92.7 cm³/mol. The van der Waals surface area contributed by atoms with Crippen molar-refractivity contribution in [2.75, 3.05) is 43.3 Å². The van der Waals surface area contributed by atoms with Gasteiger partial charge >= 0.3 is 0 Å². The molecule has 25 heavy (non-hydrogen) atoms. The number of nitrogens with zero attached hydrogens (tertiary/aromatic N) is 4. The number of benzene rings is 1. The highest BCUT2D eigenvalue weighted by molar-refractivity contribution is 5.57. The van der Waals surface area contributed by atoms with Crippen LogP contribution in [0.2, 0.25) is 0 Å². The largest absolute Gasteiger partial charge is 0.494 e. The Morgan fingerprint density at radius 3 is 2.72 bits per heavy atom. The second-order valence-corrected chi connectivity index (χ2v) is 5.75. The maximum Gasteiger partial charge on any atom is 0.233 e. The Morgan fingerprint density at radius 1 is 1.28 bits per heavy atom. The molecule has 0 radical (unpaired) electrons. The zero-order chi connectivity index (χ0) is 17.8. The van der Waals surface area contributed by atoms with Gasteiger partial charge in [-0.2, -0.15) is 15.0 Å². The zero-order valence-electron chi connectivity index (χ0n) is 14.2. The molecule has 9 heteroatoms. The van der Waals surface area contributed by atoms with Gasteiger partial charge in [-0.3, -0.25) is 0 Å². The Hall–Kier alpha value is -2.68. The molecule has 2 aromatic rings. The third kappa shape index (κ3) is 4.05. The molecule has 1 aromatic heterocycles. The van der Waals surface area contributed by atoms with Gasteiger partial charge < -0.3 is 25.4 Å². The first kappa shape index (κ1) is 17.2. The molecule has 8 nitrogen and oxygen atoms in total. The van der Waals surface area contributed by atoms with E-state index in [4.69, 9.17) is 15.2 Å². The van der Waals surface area contributed by atoms with E-state index in [9.17, 15) is 4.39 Å². The molecule has 0 amide bonds. The van der Waals surface area contributed by atoms with Gasteiger partial charge in [0.05, 0.1) is 7.11 Å². The maximum absolute atomic E-state index is 13.8. The Morgan fingerprint density at radius 2 is 2.04 bits per heavy atom. The summed E-state index contributed by atoms with van der Waals surface area (Å²) in [6, 6.07) is 4.78. The molecule has 0 atom stereocenters. The molecule has 0 bridgehead atoms. The molecule has 0 unspecified atom stereocenters. The SMILES string of the molecule is COc1ccc(Nc2nc(N)nc(N(C)C3CCOCC3)n2)cc1F. The van der Waals surface area contributed by atoms with Gasteiger partial charge in [0.25, 0.3) is 0 Å². The normalized spacial score (nSPS) is 15.0. The van der Waals surface area contributed by atoms with Crippen LogP contribution >= 0.6 is 0 Å². The number of methoxy groups -OCH3 is 1. The molecule has 1 saturated heterocycles. The second kappa shape index (κ2) is 7.47.